The number of ether oxygens (including phenoxy) is 1. The molecule has 0 aliphatic rings. The molecule has 6 nitrogen and oxygen atoms in total. The minimum atomic E-state index is -0.428. The summed E-state index contributed by atoms with van der Waals surface area (Å²) in [6.07, 6.45) is 0.320. The first kappa shape index (κ1) is 15.7. The molecule has 0 unspecified atom stereocenters. The molecule has 3 rings (SSSR count). The Labute approximate surface area is 139 Å². The minimum absolute atomic E-state index is 0.320. The zero-order chi connectivity index (χ0) is 17.1. The fourth-order valence-corrected chi connectivity index (χ4v) is 2.69. The summed E-state index contributed by atoms with van der Waals surface area (Å²) in [4.78, 5) is 16.9. The molecule has 3 aromatic rings. The third-order valence-corrected chi connectivity index (χ3v) is 3.79. The molecule has 2 heterocycles. The molecule has 2 aromatic heterocycles. The number of methoxy groups -OCH3 is 1. The monoisotopic (exact) mass is 320 g/mol. The number of carbonyl (C=O) groups excluding carboxylic acids is 1. The fourth-order valence-electron chi connectivity index (χ4n) is 2.69. The average molecular weight is 320 g/mol. The van der Waals surface area contributed by atoms with Gasteiger partial charge in [-0.25, -0.2) is 14.5 Å². The van der Waals surface area contributed by atoms with Gasteiger partial charge < -0.3 is 4.74 Å². The molecule has 0 N–H and O–H groups in total. The van der Waals surface area contributed by atoms with Crippen LogP contribution in [-0.2, 0) is 11.3 Å². The molecule has 0 atom stereocenters. The summed E-state index contributed by atoms with van der Waals surface area (Å²) >= 11 is 0. The number of rotatable bonds is 4. The van der Waals surface area contributed by atoms with E-state index in [0.717, 1.165) is 5.56 Å². The quantitative estimate of drug-likeness (QED) is 0.690. The van der Waals surface area contributed by atoms with Gasteiger partial charge in [-0.3, -0.25) is 0 Å². The lowest BCUT2D eigenvalue weighted by molar-refractivity contribution is 0.0603. The molecule has 0 fully saturated rings. The van der Waals surface area contributed by atoms with Crippen molar-refractivity contribution in [2.45, 2.75) is 19.9 Å². The highest BCUT2D eigenvalue weighted by molar-refractivity contribution is 6.04. The minimum Gasteiger partial charge on any atom is -0.465 e. The Balaban J connectivity index is 2.28. The molecule has 24 heavy (non-hydrogen) atoms. The predicted octanol–water partition coefficient (Wildman–Crippen LogP) is 3.11. The SMILES string of the molecule is COC(=O)c1cc(-c2ccccc2)nc2c1c(C)nn2CCC#N. The van der Waals surface area contributed by atoms with E-state index in [9.17, 15) is 4.79 Å². The molecule has 1 aromatic carbocycles. The van der Waals surface area contributed by atoms with Crippen molar-refractivity contribution in [3.05, 3.63) is 47.7 Å². The van der Waals surface area contributed by atoms with Gasteiger partial charge in [-0.2, -0.15) is 10.4 Å². The van der Waals surface area contributed by atoms with Gasteiger partial charge in [0.15, 0.2) is 5.65 Å². The van der Waals surface area contributed by atoms with Gasteiger partial charge in [-0.1, -0.05) is 30.3 Å². The topological polar surface area (TPSA) is 80.8 Å². The van der Waals surface area contributed by atoms with Crippen LogP contribution in [0.3, 0.4) is 0 Å². The lowest BCUT2D eigenvalue weighted by Crippen LogP contribution is -2.05. The van der Waals surface area contributed by atoms with Crippen molar-refractivity contribution >= 4 is 17.0 Å². The summed E-state index contributed by atoms with van der Waals surface area (Å²) in [6.45, 7) is 2.24. The largest absolute Gasteiger partial charge is 0.465 e. The van der Waals surface area contributed by atoms with Crippen molar-refractivity contribution in [1.29, 1.82) is 5.26 Å². The number of hydrogen-bond donors (Lipinski definition) is 0. The molecule has 0 spiro atoms. The van der Waals surface area contributed by atoms with Gasteiger partial charge in [0.05, 0.1) is 48.5 Å². The zero-order valence-corrected chi connectivity index (χ0v) is 13.5. The smallest absolute Gasteiger partial charge is 0.338 e. The maximum absolute atomic E-state index is 12.2. The Hall–Kier alpha value is -3.20. The van der Waals surface area contributed by atoms with Crippen molar-refractivity contribution in [2.75, 3.05) is 7.11 Å². The van der Waals surface area contributed by atoms with Crippen LogP contribution in [0, 0.1) is 18.3 Å². The van der Waals surface area contributed by atoms with E-state index in [4.69, 9.17) is 10.00 Å². The molecular weight excluding hydrogens is 304 g/mol. The van der Waals surface area contributed by atoms with Crippen molar-refractivity contribution < 1.29 is 9.53 Å². The average Bonchev–Trinajstić information content (AvgIpc) is 2.95. The number of aryl methyl sites for hydroxylation is 2. The highest BCUT2D eigenvalue weighted by atomic mass is 16.5. The van der Waals surface area contributed by atoms with Crippen molar-refractivity contribution in [3.63, 3.8) is 0 Å². The zero-order valence-electron chi connectivity index (χ0n) is 13.5. The van der Waals surface area contributed by atoms with Gasteiger partial charge in [0.2, 0.25) is 0 Å². The van der Waals surface area contributed by atoms with Crippen molar-refractivity contribution in [1.82, 2.24) is 14.8 Å². The number of hydrogen-bond acceptors (Lipinski definition) is 5. The molecule has 0 radical (unpaired) electrons. The molecule has 0 bridgehead atoms. The molecule has 0 amide bonds. The normalized spacial score (nSPS) is 10.5. The molecule has 0 saturated heterocycles. The van der Waals surface area contributed by atoms with E-state index in [-0.39, 0.29) is 0 Å². The van der Waals surface area contributed by atoms with E-state index >= 15 is 0 Å². The Morgan fingerprint density at radius 2 is 2.08 bits per heavy atom. The van der Waals surface area contributed by atoms with Gasteiger partial charge in [-0.15, -0.1) is 0 Å². The Morgan fingerprint density at radius 1 is 1.33 bits per heavy atom. The first-order valence-corrected chi connectivity index (χ1v) is 7.54. The van der Waals surface area contributed by atoms with Gasteiger partial charge >= 0.3 is 5.97 Å². The summed E-state index contributed by atoms with van der Waals surface area (Å²) in [7, 11) is 1.35. The lowest BCUT2D eigenvalue weighted by Gasteiger charge is -2.07. The van der Waals surface area contributed by atoms with Crippen molar-refractivity contribution in [3.8, 4) is 17.3 Å². The van der Waals surface area contributed by atoms with Crippen LogP contribution in [0.4, 0.5) is 0 Å². The van der Waals surface area contributed by atoms with E-state index in [2.05, 4.69) is 16.2 Å². The number of benzene rings is 1. The molecular formula is C18H16N4O2. The lowest BCUT2D eigenvalue weighted by atomic mass is 10.1. The van der Waals surface area contributed by atoms with E-state index < -0.39 is 5.97 Å². The van der Waals surface area contributed by atoms with Crippen LogP contribution in [-0.4, -0.2) is 27.8 Å². The standard InChI is InChI=1S/C18H16N4O2/c1-12-16-14(18(23)24-2)11-15(13-7-4-3-5-8-13)20-17(16)22(21-12)10-6-9-19/h3-5,7-8,11H,6,10H2,1-2H3. The van der Waals surface area contributed by atoms with Crippen molar-refractivity contribution in [2.24, 2.45) is 0 Å². The second-order valence-electron chi connectivity index (χ2n) is 5.33. The second-order valence-corrected chi connectivity index (χ2v) is 5.33. The van der Waals surface area contributed by atoms with E-state index in [0.29, 0.717) is 41.0 Å². The third kappa shape index (κ3) is 2.72. The highest BCUT2D eigenvalue weighted by Crippen LogP contribution is 2.27. The Morgan fingerprint density at radius 3 is 2.75 bits per heavy atom. The summed E-state index contributed by atoms with van der Waals surface area (Å²) in [5, 5.41) is 13.9. The number of aromatic nitrogens is 3. The van der Waals surface area contributed by atoms with Gasteiger partial charge in [-0.05, 0) is 13.0 Å². The number of nitrogens with zero attached hydrogens (tertiary/aromatic N) is 4. The van der Waals surface area contributed by atoms with E-state index in [1.165, 1.54) is 7.11 Å². The van der Waals surface area contributed by atoms with Crippen LogP contribution in [0.1, 0.15) is 22.5 Å². The van der Waals surface area contributed by atoms with Crippen LogP contribution in [0.15, 0.2) is 36.4 Å². The first-order chi connectivity index (χ1) is 11.7. The first-order valence-electron chi connectivity index (χ1n) is 7.54. The molecule has 0 aliphatic carbocycles. The predicted molar refractivity (Wildman–Crippen MR) is 89.3 cm³/mol. The van der Waals surface area contributed by atoms with Crippen LogP contribution in [0.25, 0.3) is 22.3 Å². The summed E-state index contributed by atoms with van der Waals surface area (Å²) in [5.41, 5.74) is 3.28. The number of nitriles is 1. The van der Waals surface area contributed by atoms with Crippen LogP contribution >= 0.6 is 0 Å². The maximum Gasteiger partial charge on any atom is 0.338 e. The van der Waals surface area contributed by atoms with Gasteiger partial charge in [0.25, 0.3) is 0 Å². The number of pyridine rings is 1. The van der Waals surface area contributed by atoms with Crippen LogP contribution in [0.2, 0.25) is 0 Å². The number of carbonyl (C=O) groups is 1. The van der Waals surface area contributed by atoms with E-state index in [1.54, 1.807) is 10.7 Å². The highest BCUT2D eigenvalue weighted by Gasteiger charge is 2.20. The number of esters is 1. The van der Waals surface area contributed by atoms with Gasteiger partial charge in [0.1, 0.15) is 0 Å². The van der Waals surface area contributed by atoms with Crippen LogP contribution in [0.5, 0.6) is 0 Å². The Kier molecular flexibility index (Phi) is 4.25. The second kappa shape index (κ2) is 6.50. The Bertz CT molecular complexity index is 939. The summed E-state index contributed by atoms with van der Waals surface area (Å²) in [5.74, 6) is -0.428. The molecule has 6 heteroatoms. The molecule has 0 saturated carbocycles. The molecule has 120 valence electrons. The summed E-state index contributed by atoms with van der Waals surface area (Å²) < 4.78 is 6.60. The number of fused-ring (bicyclic) bond motifs is 1. The fraction of sp³-hybridized carbons (Fsp3) is 0.222. The maximum atomic E-state index is 12.2. The van der Waals surface area contributed by atoms with E-state index in [1.807, 2.05) is 37.3 Å². The van der Waals surface area contributed by atoms with Crippen LogP contribution < -0.4 is 0 Å². The van der Waals surface area contributed by atoms with Gasteiger partial charge in [0, 0.05) is 5.56 Å². The third-order valence-electron chi connectivity index (χ3n) is 3.79. The molecule has 0 aliphatic heterocycles. The summed E-state index contributed by atoms with van der Waals surface area (Å²) in [6, 6.07) is 13.4.